The first-order valence-electron chi connectivity index (χ1n) is 6.44. The zero-order valence-corrected chi connectivity index (χ0v) is 12.1. The molecule has 1 atom stereocenters. The topological polar surface area (TPSA) is 24.9 Å². The van der Waals surface area contributed by atoms with E-state index in [1.165, 1.54) is 16.0 Å². The summed E-state index contributed by atoms with van der Waals surface area (Å²) in [5, 5.41) is 4.62. The van der Waals surface area contributed by atoms with Crippen molar-refractivity contribution in [3.05, 3.63) is 40.9 Å². The molecule has 3 heteroatoms. The first kappa shape index (κ1) is 13.2. The maximum absolute atomic E-state index is 4.53. The van der Waals surface area contributed by atoms with Crippen LogP contribution in [0.3, 0.4) is 0 Å². The average molecular weight is 260 g/mol. The largest absolute Gasteiger partial charge is 0.309 e. The summed E-state index contributed by atoms with van der Waals surface area (Å²) in [6, 6.07) is 8.97. The van der Waals surface area contributed by atoms with Gasteiger partial charge in [-0.05, 0) is 25.8 Å². The van der Waals surface area contributed by atoms with Crippen molar-refractivity contribution >= 4 is 11.3 Å². The lowest BCUT2D eigenvalue weighted by Crippen LogP contribution is -2.23. The molecule has 1 heterocycles. The molecule has 1 aromatic heterocycles. The lowest BCUT2D eigenvalue weighted by atomic mass is 10.1. The summed E-state index contributed by atoms with van der Waals surface area (Å²) in [5.41, 5.74) is 2.53. The van der Waals surface area contributed by atoms with Crippen molar-refractivity contribution < 1.29 is 0 Å². The van der Waals surface area contributed by atoms with E-state index in [1.54, 1.807) is 11.3 Å². The molecule has 2 nitrogen and oxygen atoms in total. The van der Waals surface area contributed by atoms with Gasteiger partial charge in [-0.3, -0.25) is 0 Å². The van der Waals surface area contributed by atoms with Gasteiger partial charge in [0, 0.05) is 29.2 Å². The molecule has 96 valence electrons. The van der Waals surface area contributed by atoms with Gasteiger partial charge in [-0.15, -0.1) is 11.3 Å². The molecule has 0 aliphatic rings. The van der Waals surface area contributed by atoms with Crippen molar-refractivity contribution in [2.24, 2.45) is 0 Å². The molecule has 0 amide bonds. The first-order valence-corrected chi connectivity index (χ1v) is 7.26. The van der Waals surface area contributed by atoms with Crippen molar-refractivity contribution in [1.82, 2.24) is 10.3 Å². The summed E-state index contributed by atoms with van der Waals surface area (Å²) >= 11 is 1.78. The van der Waals surface area contributed by atoms with Gasteiger partial charge >= 0.3 is 0 Å². The van der Waals surface area contributed by atoms with Crippen LogP contribution in [-0.4, -0.2) is 11.0 Å². The Balaban J connectivity index is 2.09. The molecular weight excluding hydrogens is 240 g/mol. The van der Waals surface area contributed by atoms with Crippen LogP contribution in [0.15, 0.2) is 30.5 Å². The minimum Gasteiger partial charge on any atom is -0.309 e. The quantitative estimate of drug-likeness (QED) is 0.878. The highest BCUT2D eigenvalue weighted by Gasteiger charge is 2.07. The van der Waals surface area contributed by atoms with Crippen LogP contribution in [0.2, 0.25) is 0 Å². The summed E-state index contributed by atoms with van der Waals surface area (Å²) in [7, 11) is 0. The van der Waals surface area contributed by atoms with Crippen molar-refractivity contribution in [1.29, 1.82) is 0 Å². The zero-order valence-electron chi connectivity index (χ0n) is 11.2. The van der Waals surface area contributed by atoms with E-state index in [2.05, 4.69) is 55.3 Å². The number of aromatic nitrogens is 1. The lowest BCUT2D eigenvalue weighted by Gasteiger charge is -2.08. The van der Waals surface area contributed by atoms with Gasteiger partial charge in [-0.25, -0.2) is 4.98 Å². The number of hydrogen-bond donors (Lipinski definition) is 1. The molecule has 18 heavy (non-hydrogen) atoms. The van der Waals surface area contributed by atoms with Gasteiger partial charge in [0.25, 0.3) is 0 Å². The minimum atomic E-state index is 0.564. The van der Waals surface area contributed by atoms with Gasteiger partial charge < -0.3 is 5.32 Å². The number of nitrogens with one attached hydrogen (secondary N) is 1. The Morgan fingerprint density at radius 2 is 2.11 bits per heavy atom. The van der Waals surface area contributed by atoms with E-state index in [0.717, 1.165) is 18.0 Å². The molecule has 2 aromatic rings. The van der Waals surface area contributed by atoms with Crippen molar-refractivity contribution in [2.75, 3.05) is 0 Å². The predicted octanol–water partition coefficient (Wildman–Crippen LogP) is 4.01. The van der Waals surface area contributed by atoms with E-state index in [-0.39, 0.29) is 0 Å². The Hall–Kier alpha value is -1.19. The standard InChI is InChI=1S/C15H20N2S/c1-4-12(3)16-9-13-10-17-15(18-13)14-8-6-5-7-11(14)2/h5-8,10,12,16H,4,9H2,1-3H3. The SMILES string of the molecule is CCC(C)NCc1cnc(-c2ccccc2C)s1. The van der Waals surface area contributed by atoms with Crippen LogP contribution in [0.4, 0.5) is 0 Å². The lowest BCUT2D eigenvalue weighted by molar-refractivity contribution is 0.537. The Kier molecular flexibility index (Phi) is 4.50. The van der Waals surface area contributed by atoms with Crippen LogP contribution >= 0.6 is 11.3 Å². The number of benzene rings is 1. The van der Waals surface area contributed by atoms with Gasteiger partial charge in [0.2, 0.25) is 0 Å². The highest BCUT2D eigenvalue weighted by molar-refractivity contribution is 7.15. The average Bonchev–Trinajstić information content (AvgIpc) is 2.85. The Labute approximate surface area is 113 Å². The summed E-state index contributed by atoms with van der Waals surface area (Å²) in [6.45, 7) is 7.46. The predicted molar refractivity (Wildman–Crippen MR) is 78.9 cm³/mol. The second kappa shape index (κ2) is 6.12. The first-order chi connectivity index (χ1) is 8.70. The van der Waals surface area contributed by atoms with E-state index in [9.17, 15) is 0 Å². The Morgan fingerprint density at radius 1 is 1.33 bits per heavy atom. The number of rotatable bonds is 5. The van der Waals surface area contributed by atoms with Gasteiger partial charge in [0.05, 0.1) is 0 Å². The van der Waals surface area contributed by atoms with Crippen LogP contribution in [0.25, 0.3) is 10.6 Å². The zero-order chi connectivity index (χ0) is 13.0. The molecule has 0 radical (unpaired) electrons. The fraction of sp³-hybridized carbons (Fsp3) is 0.400. The molecule has 0 saturated heterocycles. The third-order valence-electron chi connectivity index (χ3n) is 3.17. The summed E-state index contributed by atoms with van der Waals surface area (Å²) in [5.74, 6) is 0. The number of hydrogen-bond acceptors (Lipinski definition) is 3. The van der Waals surface area contributed by atoms with Crippen LogP contribution in [0.5, 0.6) is 0 Å². The molecule has 0 bridgehead atoms. The van der Waals surface area contributed by atoms with E-state index in [0.29, 0.717) is 6.04 Å². The molecule has 1 unspecified atom stereocenters. The van der Waals surface area contributed by atoms with Crippen LogP contribution in [-0.2, 0) is 6.54 Å². The van der Waals surface area contributed by atoms with E-state index in [1.807, 2.05) is 6.20 Å². The number of thiazole rings is 1. The maximum atomic E-state index is 4.53. The summed E-state index contributed by atoms with van der Waals surface area (Å²) in [4.78, 5) is 5.83. The molecule has 0 spiro atoms. The minimum absolute atomic E-state index is 0.564. The monoisotopic (exact) mass is 260 g/mol. The van der Waals surface area contributed by atoms with Gasteiger partial charge in [-0.1, -0.05) is 31.2 Å². The molecule has 1 N–H and O–H groups in total. The van der Waals surface area contributed by atoms with E-state index < -0.39 is 0 Å². The van der Waals surface area contributed by atoms with Gasteiger partial charge in [-0.2, -0.15) is 0 Å². The normalized spacial score (nSPS) is 12.6. The number of aryl methyl sites for hydroxylation is 1. The smallest absolute Gasteiger partial charge is 0.123 e. The Morgan fingerprint density at radius 3 is 2.83 bits per heavy atom. The highest BCUT2D eigenvalue weighted by Crippen LogP contribution is 2.27. The van der Waals surface area contributed by atoms with Crippen LogP contribution < -0.4 is 5.32 Å². The third kappa shape index (κ3) is 3.18. The second-order valence-electron chi connectivity index (χ2n) is 4.64. The molecular formula is C15H20N2S. The fourth-order valence-electron chi connectivity index (χ4n) is 1.75. The third-order valence-corrected chi connectivity index (χ3v) is 4.20. The van der Waals surface area contributed by atoms with Crippen molar-refractivity contribution in [3.8, 4) is 10.6 Å². The van der Waals surface area contributed by atoms with Crippen LogP contribution in [0.1, 0.15) is 30.7 Å². The van der Waals surface area contributed by atoms with Crippen molar-refractivity contribution in [3.63, 3.8) is 0 Å². The van der Waals surface area contributed by atoms with Gasteiger partial charge in [0.15, 0.2) is 0 Å². The Bertz CT molecular complexity index is 505. The molecule has 0 aliphatic carbocycles. The van der Waals surface area contributed by atoms with Crippen LogP contribution in [0, 0.1) is 6.92 Å². The molecule has 2 rings (SSSR count). The van der Waals surface area contributed by atoms with Gasteiger partial charge in [0.1, 0.15) is 5.01 Å². The fourth-order valence-corrected chi connectivity index (χ4v) is 2.70. The molecule has 1 aromatic carbocycles. The second-order valence-corrected chi connectivity index (χ2v) is 5.75. The molecule has 0 saturated carbocycles. The van der Waals surface area contributed by atoms with E-state index in [4.69, 9.17) is 0 Å². The molecule has 0 aliphatic heterocycles. The van der Waals surface area contributed by atoms with E-state index >= 15 is 0 Å². The summed E-state index contributed by atoms with van der Waals surface area (Å²) in [6.07, 6.45) is 3.14. The maximum Gasteiger partial charge on any atom is 0.123 e. The summed E-state index contributed by atoms with van der Waals surface area (Å²) < 4.78 is 0. The molecule has 0 fully saturated rings. The number of nitrogens with zero attached hydrogens (tertiary/aromatic N) is 1. The van der Waals surface area contributed by atoms with Crippen molar-refractivity contribution in [2.45, 2.75) is 39.8 Å². The highest BCUT2D eigenvalue weighted by atomic mass is 32.1.